The molecule has 0 aliphatic heterocycles. The van der Waals surface area contributed by atoms with E-state index in [-0.39, 0.29) is 18.4 Å². The Bertz CT molecular complexity index is 1570. The van der Waals surface area contributed by atoms with E-state index in [2.05, 4.69) is 89.2 Å². The molecule has 0 radical (unpaired) electrons. The number of hydrogen-bond donors (Lipinski definition) is 2. The number of halogens is 2. The highest BCUT2D eigenvalue weighted by atomic mass is 79.9. The summed E-state index contributed by atoms with van der Waals surface area (Å²) in [7, 11) is 0.917. The van der Waals surface area contributed by atoms with Gasteiger partial charge < -0.3 is 5.11 Å². The average Bonchev–Trinajstić information content (AvgIpc) is 2.92. The summed E-state index contributed by atoms with van der Waals surface area (Å²) in [5.41, 5.74) is 0.358. The second-order valence-corrected chi connectivity index (χ2v) is 11.9. The summed E-state index contributed by atoms with van der Waals surface area (Å²) in [6.07, 6.45) is 0. The number of fused-ring (bicyclic) bond motifs is 2. The van der Waals surface area contributed by atoms with Crippen LogP contribution in [0.5, 0.6) is 0 Å². The third-order valence-electron chi connectivity index (χ3n) is 4.41. The van der Waals surface area contributed by atoms with E-state index in [0.29, 0.717) is 4.90 Å². The lowest BCUT2D eigenvalue weighted by Gasteiger charge is -2.00. The molecule has 0 saturated carbocycles. The molecule has 0 saturated heterocycles. The summed E-state index contributed by atoms with van der Waals surface area (Å²) in [5, 5.41) is 10.1. The average molecular weight is 779 g/mol. The number of benzene rings is 4. The first-order valence-electron chi connectivity index (χ1n) is 10.2. The number of aromatic carboxylic acids is 1. The zero-order valence-electron chi connectivity index (χ0n) is 19.2. The van der Waals surface area contributed by atoms with E-state index in [1.807, 2.05) is 72.8 Å². The maximum absolute atomic E-state index is 12.2. The maximum atomic E-state index is 12.2. The lowest BCUT2D eigenvalue weighted by Crippen LogP contribution is -2.00. The van der Waals surface area contributed by atoms with E-state index >= 15 is 0 Å². The van der Waals surface area contributed by atoms with E-state index in [1.165, 1.54) is 6.07 Å². The van der Waals surface area contributed by atoms with Gasteiger partial charge in [-0.25, -0.2) is 4.79 Å². The highest BCUT2D eigenvalue weighted by Gasteiger charge is 2.05. The molecule has 0 bridgehead atoms. The molecular formula is C27H22Br2O3S7. The first-order valence-corrected chi connectivity index (χ1v) is 17.0. The number of carboxylic acids is 1. The third kappa shape index (κ3) is 13.2. The summed E-state index contributed by atoms with van der Waals surface area (Å²) in [6, 6.07) is 30.1. The van der Waals surface area contributed by atoms with Crippen molar-refractivity contribution in [2.45, 2.75) is 12.3 Å². The van der Waals surface area contributed by atoms with Gasteiger partial charge in [0.15, 0.2) is 5.43 Å². The molecule has 204 valence electrons. The van der Waals surface area contributed by atoms with Gasteiger partial charge in [0, 0.05) is 87.6 Å². The Balaban J connectivity index is 0.000000543. The first kappa shape index (κ1) is 37.6. The molecule has 5 rings (SSSR count). The van der Waals surface area contributed by atoms with Gasteiger partial charge in [-0.15, -0.1) is 24.0 Å². The standard InChI is InChI=1S/C13H7BrOS.C7H6O2S.C6H5Br.CH4.S3.S2/c14-8-5-6-12-10(7-8)13(15)9-3-1-2-4-11(9)16-12;8-7(9)5-3-1-2-4-6(5)10;7-6-4-2-1-3-5-6;;1-3-2;1-2/h1-7H;1-4,10H,(H,8,9);1-5H;1H4;;. The Morgan fingerprint density at radius 3 is 1.79 bits per heavy atom. The van der Waals surface area contributed by atoms with E-state index in [1.54, 1.807) is 29.5 Å². The summed E-state index contributed by atoms with van der Waals surface area (Å²) in [6.45, 7) is 0. The monoisotopic (exact) mass is 776 g/mol. The number of thiol groups is 1. The predicted molar refractivity (Wildman–Crippen MR) is 192 cm³/mol. The van der Waals surface area contributed by atoms with Crippen LogP contribution in [0, 0.1) is 0 Å². The van der Waals surface area contributed by atoms with E-state index in [4.69, 9.17) is 5.11 Å². The molecule has 3 nitrogen and oxygen atoms in total. The fourth-order valence-corrected chi connectivity index (χ4v) is 4.82. The van der Waals surface area contributed by atoms with Gasteiger partial charge in [0.25, 0.3) is 0 Å². The molecule has 4 aromatic carbocycles. The largest absolute Gasteiger partial charge is 0.478 e. The molecule has 0 fully saturated rings. The summed E-state index contributed by atoms with van der Waals surface area (Å²) >= 11 is 27.9. The van der Waals surface area contributed by atoms with Gasteiger partial charge in [-0.2, -0.15) is 0 Å². The van der Waals surface area contributed by atoms with Crippen molar-refractivity contribution in [3.05, 3.63) is 122 Å². The lowest BCUT2D eigenvalue weighted by molar-refractivity contribution is 0.0693. The zero-order valence-corrected chi connectivity index (χ0v) is 28.1. The van der Waals surface area contributed by atoms with Gasteiger partial charge in [-0.3, -0.25) is 4.79 Å². The topological polar surface area (TPSA) is 54.4 Å². The molecule has 1 aromatic heterocycles. The van der Waals surface area contributed by atoms with Gasteiger partial charge in [-0.05, 0) is 54.6 Å². The van der Waals surface area contributed by atoms with Crippen LogP contribution < -0.4 is 5.43 Å². The first-order chi connectivity index (χ1) is 18.3. The highest BCUT2D eigenvalue weighted by molar-refractivity contribution is 9.10. The minimum absolute atomic E-state index is 0. The Hall–Kier alpha value is -1.35. The van der Waals surface area contributed by atoms with Gasteiger partial charge in [0.1, 0.15) is 0 Å². The fourth-order valence-electron chi connectivity index (χ4n) is 2.84. The molecule has 0 amide bonds. The molecule has 0 unspecified atom stereocenters. The molecule has 39 heavy (non-hydrogen) atoms. The Morgan fingerprint density at radius 1 is 0.769 bits per heavy atom. The lowest BCUT2D eigenvalue weighted by atomic mass is 10.2. The van der Waals surface area contributed by atoms with Crippen molar-refractivity contribution in [1.29, 1.82) is 0 Å². The third-order valence-corrected chi connectivity index (χ3v) is 6.97. The molecule has 12 heteroatoms. The molecular weight excluding hydrogens is 757 g/mol. The van der Waals surface area contributed by atoms with Gasteiger partial charge in [0.05, 0.1) is 5.56 Å². The normalized spacial score (nSPS) is 8.90. The Kier molecular flexibility index (Phi) is 20.7. The SMILES string of the molecule is Brc1ccccc1.C.O=C(O)c1ccccc1S.O=c1c2ccccc2sc2ccc(Br)cc12.S=S.S=S=S. The van der Waals surface area contributed by atoms with Gasteiger partial charge in [0.2, 0.25) is 0 Å². The maximum Gasteiger partial charge on any atom is 0.336 e. The minimum Gasteiger partial charge on any atom is -0.478 e. The summed E-state index contributed by atoms with van der Waals surface area (Å²) in [5.74, 6) is -0.939. The van der Waals surface area contributed by atoms with Gasteiger partial charge in [-0.1, -0.05) is 81.8 Å². The minimum atomic E-state index is -0.939. The highest BCUT2D eigenvalue weighted by Crippen LogP contribution is 2.26. The zero-order chi connectivity index (χ0) is 28.5. The van der Waals surface area contributed by atoms with Crippen LogP contribution in [0.3, 0.4) is 0 Å². The fraction of sp³-hybridized carbons (Fsp3) is 0.0370. The molecule has 1 heterocycles. The van der Waals surface area contributed by atoms with Gasteiger partial charge >= 0.3 is 5.97 Å². The van der Waals surface area contributed by atoms with Crippen molar-refractivity contribution < 1.29 is 9.90 Å². The summed E-state index contributed by atoms with van der Waals surface area (Å²) in [4.78, 5) is 23.1. The second kappa shape index (κ2) is 21.4. The number of carboxylic acid groups (broad SMARTS) is 1. The molecule has 5 aromatic rings. The van der Waals surface area contributed by atoms with Crippen LogP contribution in [-0.2, 0) is 53.6 Å². The quantitative estimate of drug-likeness (QED) is 0.130. The van der Waals surface area contributed by atoms with Crippen LogP contribution in [0.25, 0.3) is 20.2 Å². The smallest absolute Gasteiger partial charge is 0.336 e. The Morgan fingerprint density at radius 2 is 1.28 bits per heavy atom. The molecule has 0 aliphatic carbocycles. The van der Waals surface area contributed by atoms with E-state index < -0.39 is 5.97 Å². The van der Waals surface area contributed by atoms with E-state index in [9.17, 15) is 9.59 Å². The van der Waals surface area contributed by atoms with Crippen LogP contribution in [0.4, 0.5) is 0 Å². The van der Waals surface area contributed by atoms with Crippen molar-refractivity contribution in [3.8, 4) is 0 Å². The van der Waals surface area contributed by atoms with Crippen molar-refractivity contribution in [2.75, 3.05) is 0 Å². The van der Waals surface area contributed by atoms with E-state index in [0.717, 1.165) is 38.0 Å². The van der Waals surface area contributed by atoms with Crippen LogP contribution in [-0.4, -0.2) is 11.1 Å². The predicted octanol–water partition coefficient (Wildman–Crippen LogP) is 8.92. The molecule has 1 N–H and O–H groups in total. The number of hydrogen-bond acceptors (Lipinski definition) is 8. The van der Waals surface area contributed by atoms with Crippen LogP contribution in [0.15, 0.2) is 116 Å². The number of carbonyl (C=O) groups is 1. The Labute approximate surface area is 276 Å². The molecule has 0 atom stereocenters. The van der Waals surface area contributed by atoms with Crippen molar-refractivity contribution in [2.24, 2.45) is 0 Å². The van der Waals surface area contributed by atoms with Crippen LogP contribution in [0.1, 0.15) is 17.8 Å². The van der Waals surface area contributed by atoms with Crippen molar-refractivity contribution >= 4 is 136 Å². The number of rotatable bonds is 1. The molecule has 0 aliphatic rings. The van der Waals surface area contributed by atoms with Crippen molar-refractivity contribution in [3.63, 3.8) is 0 Å². The van der Waals surface area contributed by atoms with Crippen LogP contribution >= 0.6 is 55.8 Å². The summed E-state index contributed by atoms with van der Waals surface area (Å²) < 4.78 is 4.16. The van der Waals surface area contributed by atoms with Crippen molar-refractivity contribution in [1.82, 2.24) is 0 Å². The molecule has 0 spiro atoms. The second-order valence-electron chi connectivity index (χ2n) is 6.75. The van der Waals surface area contributed by atoms with Crippen LogP contribution in [0.2, 0.25) is 0 Å².